The van der Waals surface area contributed by atoms with E-state index in [9.17, 15) is 9.59 Å². The fourth-order valence-electron chi connectivity index (χ4n) is 1.88. The van der Waals surface area contributed by atoms with Crippen molar-refractivity contribution in [2.24, 2.45) is 0 Å². The van der Waals surface area contributed by atoms with E-state index in [2.05, 4.69) is 10.3 Å². The first-order valence-electron chi connectivity index (χ1n) is 6.53. The zero-order valence-electron chi connectivity index (χ0n) is 11.6. The highest BCUT2D eigenvalue weighted by molar-refractivity contribution is 7.09. The minimum atomic E-state index is -1.04. The Morgan fingerprint density at radius 3 is 2.90 bits per heavy atom. The second kappa shape index (κ2) is 6.98. The van der Waals surface area contributed by atoms with Crippen LogP contribution in [-0.4, -0.2) is 50.0 Å². The molecule has 0 spiro atoms. The number of carbonyl (C=O) groups excluding carboxylic acids is 1. The molecule has 7 nitrogen and oxygen atoms in total. The second-order valence-electron chi connectivity index (χ2n) is 4.50. The predicted molar refractivity (Wildman–Crippen MR) is 77.3 cm³/mol. The number of carboxylic acids is 1. The minimum absolute atomic E-state index is 0.168. The number of nitrogens with zero attached hydrogens (tertiary/aromatic N) is 4. The van der Waals surface area contributed by atoms with Gasteiger partial charge in [0.1, 0.15) is 6.54 Å². The van der Waals surface area contributed by atoms with Crippen LogP contribution in [0.4, 0.5) is 0 Å². The number of carboxylic acid groups (broad SMARTS) is 1. The van der Waals surface area contributed by atoms with Crippen molar-refractivity contribution >= 4 is 23.2 Å². The average Bonchev–Trinajstić information content (AvgIpc) is 3.09. The summed E-state index contributed by atoms with van der Waals surface area (Å²) < 4.78 is 1.57. The lowest BCUT2D eigenvalue weighted by atomic mass is 10.3. The molecule has 21 heavy (non-hydrogen) atoms. The lowest BCUT2D eigenvalue weighted by Crippen LogP contribution is -2.36. The molecule has 0 fully saturated rings. The number of aromatic nitrogens is 3. The largest absolute Gasteiger partial charge is 0.480 e. The molecule has 0 saturated heterocycles. The summed E-state index contributed by atoms with van der Waals surface area (Å²) in [5.41, 5.74) is 0.168. The van der Waals surface area contributed by atoms with Gasteiger partial charge in [-0.3, -0.25) is 9.59 Å². The van der Waals surface area contributed by atoms with Gasteiger partial charge in [0.05, 0.1) is 12.7 Å². The first kappa shape index (κ1) is 15.2. The summed E-state index contributed by atoms with van der Waals surface area (Å²) in [5, 5.41) is 18.6. The van der Waals surface area contributed by atoms with Gasteiger partial charge in [-0.05, 0) is 17.9 Å². The van der Waals surface area contributed by atoms with Crippen LogP contribution in [0.2, 0.25) is 0 Å². The van der Waals surface area contributed by atoms with Crippen LogP contribution in [0.15, 0.2) is 23.7 Å². The van der Waals surface area contributed by atoms with Crippen LogP contribution >= 0.6 is 11.3 Å². The molecule has 1 amide bonds. The quantitative estimate of drug-likeness (QED) is 0.833. The Morgan fingerprint density at radius 1 is 1.48 bits per heavy atom. The van der Waals surface area contributed by atoms with Crippen molar-refractivity contribution in [3.8, 4) is 0 Å². The van der Waals surface area contributed by atoms with Gasteiger partial charge in [-0.1, -0.05) is 18.2 Å². The van der Waals surface area contributed by atoms with E-state index in [1.54, 1.807) is 22.2 Å². The van der Waals surface area contributed by atoms with Crippen molar-refractivity contribution < 1.29 is 14.7 Å². The average molecular weight is 308 g/mol. The molecule has 0 aliphatic rings. The number of carbonyl (C=O) groups is 2. The molecule has 0 aliphatic heterocycles. The molecule has 0 radical (unpaired) electrons. The van der Waals surface area contributed by atoms with Crippen molar-refractivity contribution in [2.75, 3.05) is 13.1 Å². The fraction of sp³-hybridized carbons (Fsp3) is 0.385. The topological polar surface area (TPSA) is 88.3 Å². The summed E-state index contributed by atoms with van der Waals surface area (Å²) in [7, 11) is 0. The molecule has 2 heterocycles. The second-order valence-corrected chi connectivity index (χ2v) is 5.53. The van der Waals surface area contributed by atoms with Crippen LogP contribution < -0.4 is 0 Å². The molecule has 0 unspecified atom stereocenters. The maximum absolute atomic E-state index is 12.2. The molecule has 2 aromatic heterocycles. The zero-order chi connectivity index (χ0) is 15.2. The summed E-state index contributed by atoms with van der Waals surface area (Å²) in [4.78, 5) is 25.4. The molecule has 2 aromatic rings. The zero-order valence-corrected chi connectivity index (χ0v) is 12.4. The maximum atomic E-state index is 12.2. The Bertz CT molecular complexity index is 609. The monoisotopic (exact) mass is 308 g/mol. The molecular weight excluding hydrogens is 292 g/mol. The number of hydrogen-bond acceptors (Lipinski definition) is 5. The normalized spacial score (nSPS) is 10.5. The standard InChI is InChI=1S/C13H16N4O3S/c1-2-5-16(9-12(18)19)13(20)11-8-17(15-14-11)7-10-4-3-6-21-10/h3-4,6,8H,2,5,7,9H2,1H3,(H,18,19). The third-order valence-electron chi connectivity index (χ3n) is 2.76. The summed E-state index contributed by atoms with van der Waals surface area (Å²) in [6.45, 7) is 2.48. The summed E-state index contributed by atoms with van der Waals surface area (Å²) in [6.07, 6.45) is 2.23. The van der Waals surface area contributed by atoms with Gasteiger partial charge in [-0.2, -0.15) is 0 Å². The molecular formula is C13H16N4O3S. The van der Waals surface area contributed by atoms with Crippen LogP contribution in [0.3, 0.4) is 0 Å². The smallest absolute Gasteiger partial charge is 0.323 e. The van der Waals surface area contributed by atoms with Crippen LogP contribution in [0, 0.1) is 0 Å². The molecule has 0 aromatic carbocycles. The first-order valence-corrected chi connectivity index (χ1v) is 7.41. The molecule has 112 valence electrons. The highest BCUT2D eigenvalue weighted by Gasteiger charge is 2.20. The van der Waals surface area contributed by atoms with Crippen molar-refractivity contribution in [3.63, 3.8) is 0 Å². The number of amides is 1. The van der Waals surface area contributed by atoms with Gasteiger partial charge in [0, 0.05) is 11.4 Å². The number of rotatable bonds is 7. The van der Waals surface area contributed by atoms with Crippen molar-refractivity contribution in [2.45, 2.75) is 19.9 Å². The summed E-state index contributed by atoms with van der Waals surface area (Å²) in [6, 6.07) is 3.92. The van der Waals surface area contributed by atoms with Crippen molar-refractivity contribution in [1.82, 2.24) is 19.9 Å². The predicted octanol–water partition coefficient (Wildman–Crippen LogP) is 1.32. The summed E-state index contributed by atoms with van der Waals surface area (Å²) in [5.74, 6) is -1.44. The van der Waals surface area contributed by atoms with Crippen molar-refractivity contribution in [3.05, 3.63) is 34.3 Å². The Labute approximate surface area is 125 Å². The molecule has 1 N–H and O–H groups in total. The van der Waals surface area contributed by atoms with E-state index in [0.717, 1.165) is 4.88 Å². The van der Waals surface area contributed by atoms with E-state index in [1.807, 2.05) is 24.4 Å². The van der Waals surface area contributed by atoms with Gasteiger partial charge in [0.25, 0.3) is 5.91 Å². The van der Waals surface area contributed by atoms with E-state index < -0.39 is 11.9 Å². The molecule has 0 saturated carbocycles. The third kappa shape index (κ3) is 4.12. The minimum Gasteiger partial charge on any atom is -0.480 e. The molecule has 0 atom stereocenters. The Kier molecular flexibility index (Phi) is 5.04. The van der Waals surface area contributed by atoms with Crippen molar-refractivity contribution in [1.29, 1.82) is 0 Å². The van der Waals surface area contributed by atoms with Gasteiger partial charge in [0.2, 0.25) is 0 Å². The van der Waals surface area contributed by atoms with Crippen LogP contribution in [0.25, 0.3) is 0 Å². The highest BCUT2D eigenvalue weighted by atomic mass is 32.1. The highest BCUT2D eigenvalue weighted by Crippen LogP contribution is 2.10. The van der Waals surface area contributed by atoms with Gasteiger partial charge in [-0.15, -0.1) is 16.4 Å². The van der Waals surface area contributed by atoms with E-state index in [0.29, 0.717) is 19.5 Å². The Balaban J connectivity index is 2.07. The van der Waals surface area contributed by atoms with Gasteiger partial charge in [0.15, 0.2) is 5.69 Å². The molecule has 0 bridgehead atoms. The number of thiophene rings is 1. The van der Waals surface area contributed by atoms with E-state index >= 15 is 0 Å². The van der Waals surface area contributed by atoms with Crippen LogP contribution in [-0.2, 0) is 11.3 Å². The molecule has 8 heteroatoms. The molecule has 0 aliphatic carbocycles. The fourth-order valence-corrected chi connectivity index (χ4v) is 2.58. The van der Waals surface area contributed by atoms with E-state index in [1.165, 1.54) is 4.90 Å². The maximum Gasteiger partial charge on any atom is 0.323 e. The van der Waals surface area contributed by atoms with E-state index in [-0.39, 0.29) is 12.2 Å². The van der Waals surface area contributed by atoms with Gasteiger partial charge < -0.3 is 10.0 Å². The number of aliphatic carboxylic acids is 1. The van der Waals surface area contributed by atoms with E-state index in [4.69, 9.17) is 5.11 Å². The van der Waals surface area contributed by atoms with Crippen LogP contribution in [0.1, 0.15) is 28.7 Å². The lowest BCUT2D eigenvalue weighted by molar-refractivity contribution is -0.137. The number of hydrogen-bond donors (Lipinski definition) is 1. The Hall–Kier alpha value is -2.22. The van der Waals surface area contributed by atoms with Crippen LogP contribution in [0.5, 0.6) is 0 Å². The lowest BCUT2D eigenvalue weighted by Gasteiger charge is -2.18. The SMILES string of the molecule is CCCN(CC(=O)O)C(=O)c1cn(Cc2cccs2)nn1. The Morgan fingerprint density at radius 2 is 2.29 bits per heavy atom. The van der Waals surface area contributed by atoms with Gasteiger partial charge >= 0.3 is 5.97 Å². The third-order valence-corrected chi connectivity index (χ3v) is 3.62. The first-order chi connectivity index (χ1) is 10.1. The van der Waals surface area contributed by atoms with Gasteiger partial charge in [-0.25, -0.2) is 4.68 Å². The summed E-state index contributed by atoms with van der Waals surface area (Å²) >= 11 is 1.60. The molecule has 2 rings (SSSR count).